The summed E-state index contributed by atoms with van der Waals surface area (Å²) in [7, 11) is 0. The fraction of sp³-hybridized carbons (Fsp3) is 0.267. The number of benzene rings is 3. The van der Waals surface area contributed by atoms with Crippen molar-refractivity contribution in [3.05, 3.63) is 101 Å². The van der Waals surface area contributed by atoms with E-state index in [1.54, 1.807) is 72.8 Å². The van der Waals surface area contributed by atoms with Gasteiger partial charge in [0.1, 0.15) is 12.5 Å². The molecule has 6 nitrogen and oxygen atoms in total. The number of para-hydroxylation sites is 1. The van der Waals surface area contributed by atoms with Gasteiger partial charge in [-0.15, -0.1) is 0 Å². The van der Waals surface area contributed by atoms with Crippen molar-refractivity contribution < 1.29 is 14.4 Å². The average Bonchev–Trinajstić information content (AvgIpc) is 2.93. The van der Waals surface area contributed by atoms with E-state index in [4.69, 9.17) is 11.6 Å². The van der Waals surface area contributed by atoms with Gasteiger partial charge >= 0.3 is 0 Å². The van der Waals surface area contributed by atoms with Crippen LogP contribution in [-0.2, 0) is 9.59 Å². The lowest BCUT2D eigenvalue weighted by Gasteiger charge is -2.34. The highest BCUT2D eigenvalue weighted by molar-refractivity contribution is 6.30. The molecule has 0 heterocycles. The van der Waals surface area contributed by atoms with E-state index in [2.05, 4.69) is 5.32 Å². The van der Waals surface area contributed by atoms with Gasteiger partial charge in [-0.3, -0.25) is 19.3 Å². The van der Waals surface area contributed by atoms with E-state index in [9.17, 15) is 19.6 Å². The molecule has 0 saturated heterocycles. The molecule has 1 unspecified atom stereocenters. The number of carbonyl (C=O) groups is 3. The number of carbonyl (C=O) groups excluding carboxylic acids is 3. The third-order valence-electron chi connectivity index (χ3n) is 6.59. The molecular weight excluding hydrogens is 486 g/mol. The predicted octanol–water partition coefficient (Wildman–Crippen LogP) is 6.01. The van der Waals surface area contributed by atoms with Gasteiger partial charge in [-0.05, 0) is 42.7 Å². The summed E-state index contributed by atoms with van der Waals surface area (Å²) in [6.45, 7) is 0. The van der Waals surface area contributed by atoms with Crippen molar-refractivity contribution in [3.63, 3.8) is 0 Å². The van der Waals surface area contributed by atoms with E-state index in [-0.39, 0.29) is 29.0 Å². The Balaban J connectivity index is 1.83. The first kappa shape index (κ1) is 26.1. The van der Waals surface area contributed by atoms with Gasteiger partial charge in [-0.2, -0.15) is 5.26 Å². The van der Waals surface area contributed by atoms with Crippen LogP contribution in [0, 0.1) is 11.3 Å². The van der Waals surface area contributed by atoms with E-state index in [1.807, 2.05) is 12.1 Å². The molecule has 1 aliphatic carbocycles. The van der Waals surface area contributed by atoms with Gasteiger partial charge in [0, 0.05) is 22.2 Å². The normalized spacial score (nSPS) is 14.3. The Labute approximate surface area is 221 Å². The number of anilines is 1. The van der Waals surface area contributed by atoms with Crippen molar-refractivity contribution in [2.75, 3.05) is 4.90 Å². The molecule has 0 bridgehead atoms. The molecule has 1 fully saturated rings. The summed E-state index contributed by atoms with van der Waals surface area (Å²) >= 11 is 6.13. The zero-order valence-corrected chi connectivity index (χ0v) is 21.2. The first-order valence-corrected chi connectivity index (χ1v) is 12.8. The molecule has 0 aromatic heterocycles. The number of nitrogens with one attached hydrogen (secondary N) is 1. The largest absolute Gasteiger partial charge is 0.351 e. The molecule has 37 heavy (non-hydrogen) atoms. The highest BCUT2D eigenvalue weighted by Crippen LogP contribution is 2.33. The van der Waals surface area contributed by atoms with Crippen molar-refractivity contribution >= 4 is 34.9 Å². The van der Waals surface area contributed by atoms with Gasteiger partial charge in [0.2, 0.25) is 11.8 Å². The molecular formula is C30H28ClN3O3. The smallest absolute Gasteiger partial charge is 0.248 e. The van der Waals surface area contributed by atoms with Crippen molar-refractivity contribution in [1.82, 2.24) is 5.32 Å². The predicted molar refractivity (Wildman–Crippen MR) is 143 cm³/mol. The maximum atomic E-state index is 13.9. The molecule has 0 radical (unpaired) electrons. The van der Waals surface area contributed by atoms with Gasteiger partial charge in [-0.1, -0.05) is 85.5 Å². The fourth-order valence-corrected chi connectivity index (χ4v) is 4.91. The fourth-order valence-electron chi connectivity index (χ4n) is 4.78. The number of rotatable bonds is 8. The summed E-state index contributed by atoms with van der Waals surface area (Å²) in [6, 6.07) is 23.0. The zero-order valence-electron chi connectivity index (χ0n) is 20.4. The minimum atomic E-state index is -1.09. The van der Waals surface area contributed by atoms with E-state index in [0.717, 1.165) is 32.1 Å². The molecule has 1 atom stereocenters. The number of halogens is 1. The maximum Gasteiger partial charge on any atom is 0.248 e. The summed E-state index contributed by atoms with van der Waals surface area (Å²) in [5.74, 6) is -1.22. The Morgan fingerprint density at radius 1 is 0.919 bits per heavy atom. The molecule has 1 aliphatic rings. The summed E-state index contributed by atoms with van der Waals surface area (Å²) in [5, 5.41) is 13.0. The Hall–Kier alpha value is -3.95. The summed E-state index contributed by atoms with van der Waals surface area (Å²) in [4.78, 5) is 42.2. The van der Waals surface area contributed by atoms with Crippen LogP contribution in [0.5, 0.6) is 0 Å². The van der Waals surface area contributed by atoms with Crippen LogP contribution in [0.4, 0.5) is 5.69 Å². The summed E-state index contributed by atoms with van der Waals surface area (Å²) < 4.78 is 0. The molecule has 0 spiro atoms. The minimum Gasteiger partial charge on any atom is -0.351 e. The SMILES string of the molecule is N#CCC(=O)N(c1ccccc1C(=O)c1ccccc1)C(C(=O)NC1CCCCC1)c1ccc(Cl)cc1. The molecule has 0 aliphatic heterocycles. The van der Waals surface area contributed by atoms with Crippen LogP contribution in [0.25, 0.3) is 0 Å². The highest BCUT2D eigenvalue weighted by Gasteiger charge is 2.35. The number of nitriles is 1. The monoisotopic (exact) mass is 513 g/mol. The van der Waals surface area contributed by atoms with Crippen LogP contribution in [0.2, 0.25) is 5.02 Å². The number of hydrogen-bond acceptors (Lipinski definition) is 4. The second-order valence-electron chi connectivity index (χ2n) is 9.11. The molecule has 188 valence electrons. The van der Waals surface area contributed by atoms with Gasteiger partial charge in [0.25, 0.3) is 0 Å². The molecule has 7 heteroatoms. The van der Waals surface area contributed by atoms with E-state index >= 15 is 0 Å². The van der Waals surface area contributed by atoms with Crippen LogP contribution >= 0.6 is 11.6 Å². The van der Waals surface area contributed by atoms with Crippen molar-refractivity contribution in [1.29, 1.82) is 5.26 Å². The maximum absolute atomic E-state index is 13.9. The third kappa shape index (κ3) is 6.25. The third-order valence-corrected chi connectivity index (χ3v) is 6.84. The lowest BCUT2D eigenvalue weighted by Crippen LogP contribution is -2.47. The van der Waals surface area contributed by atoms with Crippen molar-refractivity contribution in [2.45, 2.75) is 50.6 Å². The molecule has 3 aromatic rings. The number of amides is 2. The van der Waals surface area contributed by atoms with Gasteiger partial charge in [0.15, 0.2) is 5.78 Å². The van der Waals surface area contributed by atoms with Crippen LogP contribution in [0.1, 0.15) is 66.1 Å². The van der Waals surface area contributed by atoms with Gasteiger partial charge < -0.3 is 5.32 Å². The van der Waals surface area contributed by atoms with Gasteiger partial charge in [-0.25, -0.2) is 0 Å². The Morgan fingerprint density at radius 3 is 2.24 bits per heavy atom. The highest BCUT2D eigenvalue weighted by atomic mass is 35.5. The van der Waals surface area contributed by atoms with E-state index < -0.39 is 18.4 Å². The first-order valence-electron chi connectivity index (χ1n) is 12.4. The second-order valence-corrected chi connectivity index (χ2v) is 9.54. The van der Waals surface area contributed by atoms with Crippen LogP contribution < -0.4 is 10.2 Å². The molecule has 1 saturated carbocycles. The Morgan fingerprint density at radius 2 is 1.57 bits per heavy atom. The minimum absolute atomic E-state index is 0.00478. The number of ketones is 1. The topological polar surface area (TPSA) is 90.3 Å². The standard InChI is InChI=1S/C30H28ClN3O3/c31-23-17-15-21(16-18-23)28(30(37)33-24-11-5-2-6-12-24)34(27(35)19-20-32)26-14-8-7-13-25(26)29(36)22-9-3-1-4-10-22/h1,3-4,7-10,13-18,24,28H,2,5-6,11-12,19H2,(H,33,37). The Kier molecular flexibility index (Phi) is 8.71. The second kappa shape index (κ2) is 12.3. The first-order chi connectivity index (χ1) is 18.0. The summed E-state index contributed by atoms with van der Waals surface area (Å²) in [5.41, 5.74) is 1.53. The van der Waals surface area contributed by atoms with Crippen LogP contribution in [-0.4, -0.2) is 23.6 Å². The number of nitrogens with zero attached hydrogens (tertiary/aromatic N) is 2. The van der Waals surface area contributed by atoms with Gasteiger partial charge in [0.05, 0.1) is 11.8 Å². The van der Waals surface area contributed by atoms with Crippen LogP contribution in [0.3, 0.4) is 0 Å². The Bertz CT molecular complexity index is 1300. The molecule has 4 rings (SSSR count). The molecule has 1 N–H and O–H groups in total. The average molecular weight is 514 g/mol. The van der Waals surface area contributed by atoms with E-state index in [0.29, 0.717) is 16.1 Å². The molecule has 2 amide bonds. The zero-order chi connectivity index (χ0) is 26.2. The van der Waals surface area contributed by atoms with Crippen molar-refractivity contribution in [2.24, 2.45) is 0 Å². The summed E-state index contributed by atoms with van der Waals surface area (Å²) in [6.07, 6.45) is 4.48. The van der Waals surface area contributed by atoms with Crippen LogP contribution in [0.15, 0.2) is 78.9 Å². The lowest BCUT2D eigenvalue weighted by molar-refractivity contribution is -0.127. The quantitative estimate of drug-likeness (QED) is 0.373. The molecule has 3 aromatic carbocycles. The van der Waals surface area contributed by atoms with Crippen molar-refractivity contribution in [3.8, 4) is 6.07 Å². The van der Waals surface area contributed by atoms with E-state index in [1.165, 1.54) is 4.90 Å². The number of hydrogen-bond donors (Lipinski definition) is 1. The lowest BCUT2D eigenvalue weighted by atomic mass is 9.94.